The van der Waals surface area contributed by atoms with Gasteiger partial charge in [-0.1, -0.05) is 25.1 Å². The maximum Gasteiger partial charge on any atom is 0.122 e. The first-order valence-electron chi connectivity index (χ1n) is 10.2. The minimum absolute atomic E-state index is 0.181. The number of methoxy groups -OCH3 is 2. The lowest BCUT2D eigenvalue weighted by atomic mass is 9.93. The summed E-state index contributed by atoms with van der Waals surface area (Å²) < 4.78 is 17.3. The van der Waals surface area contributed by atoms with Crippen LogP contribution in [0.2, 0.25) is 0 Å². The van der Waals surface area contributed by atoms with Gasteiger partial charge in [-0.25, -0.2) is 0 Å². The van der Waals surface area contributed by atoms with Gasteiger partial charge >= 0.3 is 0 Å². The molecule has 2 aromatic carbocycles. The van der Waals surface area contributed by atoms with Crippen LogP contribution in [-0.4, -0.2) is 44.9 Å². The first-order valence-corrected chi connectivity index (χ1v) is 10.2. The molecule has 4 nitrogen and oxygen atoms in total. The minimum Gasteiger partial charge on any atom is -0.497 e. The van der Waals surface area contributed by atoms with E-state index in [0.29, 0.717) is 12.0 Å². The molecule has 1 aliphatic heterocycles. The lowest BCUT2D eigenvalue weighted by Crippen LogP contribution is -2.38. The van der Waals surface area contributed by atoms with Crippen molar-refractivity contribution in [2.75, 3.05) is 27.8 Å². The Morgan fingerprint density at radius 1 is 1.04 bits per heavy atom. The molecule has 0 aromatic heterocycles. The lowest BCUT2D eigenvalue weighted by Gasteiger charge is -2.28. The molecule has 1 aliphatic rings. The monoisotopic (exact) mass is 383 g/mol. The fraction of sp³-hybridized carbons (Fsp3) is 0.500. The van der Waals surface area contributed by atoms with Crippen molar-refractivity contribution in [2.24, 2.45) is 0 Å². The van der Waals surface area contributed by atoms with Crippen molar-refractivity contribution in [2.45, 2.75) is 51.2 Å². The molecule has 0 radical (unpaired) electrons. The van der Waals surface area contributed by atoms with Gasteiger partial charge in [0.25, 0.3) is 0 Å². The predicted molar refractivity (Wildman–Crippen MR) is 114 cm³/mol. The summed E-state index contributed by atoms with van der Waals surface area (Å²) in [7, 11) is 5.57. The Labute approximate surface area is 169 Å². The maximum atomic E-state index is 6.44. The first-order chi connectivity index (χ1) is 13.5. The number of benzene rings is 2. The second-order valence-corrected chi connectivity index (χ2v) is 7.87. The van der Waals surface area contributed by atoms with Crippen LogP contribution < -0.4 is 14.2 Å². The van der Waals surface area contributed by atoms with E-state index in [-0.39, 0.29) is 6.10 Å². The third-order valence-corrected chi connectivity index (χ3v) is 5.87. The van der Waals surface area contributed by atoms with E-state index in [4.69, 9.17) is 14.2 Å². The standard InChI is InChI=1S/C24H33NO3/c1-17(20-14-21(26-4)16-22(15-20)27-5)13-19-9-6-7-11-24(19)28-18(2)23-10-8-12-25(23)3/h6-7,9,11,14-18,23H,8,10,12-13H2,1-5H3/t17-,18-,23-/m0/s1. The summed E-state index contributed by atoms with van der Waals surface area (Å²) >= 11 is 0. The van der Waals surface area contributed by atoms with Crippen molar-refractivity contribution in [3.8, 4) is 17.2 Å². The van der Waals surface area contributed by atoms with E-state index < -0.39 is 0 Å². The molecule has 0 aliphatic carbocycles. The smallest absolute Gasteiger partial charge is 0.122 e. The van der Waals surface area contributed by atoms with E-state index >= 15 is 0 Å². The van der Waals surface area contributed by atoms with Crippen LogP contribution in [0.15, 0.2) is 42.5 Å². The van der Waals surface area contributed by atoms with Crippen molar-refractivity contribution >= 4 is 0 Å². The Morgan fingerprint density at radius 2 is 1.71 bits per heavy atom. The molecule has 4 heteroatoms. The fourth-order valence-electron chi connectivity index (χ4n) is 4.16. The summed E-state index contributed by atoms with van der Waals surface area (Å²) in [5, 5.41) is 0. The van der Waals surface area contributed by atoms with Crippen LogP contribution >= 0.6 is 0 Å². The van der Waals surface area contributed by atoms with E-state index in [1.54, 1.807) is 14.2 Å². The van der Waals surface area contributed by atoms with E-state index in [2.05, 4.69) is 62.2 Å². The van der Waals surface area contributed by atoms with E-state index in [9.17, 15) is 0 Å². The van der Waals surface area contributed by atoms with Crippen LogP contribution in [0.1, 0.15) is 43.7 Å². The Morgan fingerprint density at radius 3 is 2.32 bits per heavy atom. The van der Waals surface area contributed by atoms with Crippen LogP contribution in [0.25, 0.3) is 0 Å². The van der Waals surface area contributed by atoms with Gasteiger partial charge in [0.05, 0.1) is 14.2 Å². The van der Waals surface area contributed by atoms with Gasteiger partial charge < -0.3 is 14.2 Å². The number of rotatable bonds is 8. The molecule has 1 saturated heterocycles. The molecule has 0 saturated carbocycles. The molecule has 152 valence electrons. The molecule has 1 heterocycles. The summed E-state index contributed by atoms with van der Waals surface area (Å²) in [6.07, 6.45) is 3.55. The summed E-state index contributed by atoms with van der Waals surface area (Å²) in [6.45, 7) is 5.59. The number of likely N-dealkylation sites (N-methyl/N-ethyl adjacent to an activating group) is 1. The lowest BCUT2D eigenvalue weighted by molar-refractivity contribution is 0.120. The van der Waals surface area contributed by atoms with Crippen molar-refractivity contribution < 1.29 is 14.2 Å². The molecule has 3 atom stereocenters. The van der Waals surface area contributed by atoms with Gasteiger partial charge in [-0.15, -0.1) is 0 Å². The van der Waals surface area contributed by atoms with Crippen molar-refractivity contribution in [1.29, 1.82) is 0 Å². The predicted octanol–water partition coefficient (Wildman–Crippen LogP) is 4.91. The van der Waals surface area contributed by atoms with Crippen LogP contribution in [0.5, 0.6) is 17.2 Å². The van der Waals surface area contributed by atoms with E-state index in [0.717, 1.165) is 30.2 Å². The minimum atomic E-state index is 0.181. The highest BCUT2D eigenvalue weighted by Crippen LogP contribution is 2.32. The zero-order valence-electron chi connectivity index (χ0n) is 17.8. The van der Waals surface area contributed by atoms with Crippen LogP contribution in [-0.2, 0) is 6.42 Å². The largest absolute Gasteiger partial charge is 0.497 e. The highest BCUT2D eigenvalue weighted by molar-refractivity contribution is 5.41. The molecule has 1 fully saturated rings. The third-order valence-electron chi connectivity index (χ3n) is 5.87. The SMILES string of the molecule is COc1cc(OC)cc([C@@H](C)Cc2ccccc2O[C@@H](C)[C@@H]2CCCN2C)c1. The molecule has 0 spiro atoms. The molecule has 0 amide bonds. The van der Waals surface area contributed by atoms with Crippen molar-refractivity contribution in [1.82, 2.24) is 4.90 Å². The second-order valence-electron chi connectivity index (χ2n) is 7.87. The molecule has 3 rings (SSSR count). The second kappa shape index (κ2) is 9.33. The highest BCUT2D eigenvalue weighted by atomic mass is 16.5. The number of likely N-dealkylation sites (tertiary alicyclic amines) is 1. The van der Waals surface area contributed by atoms with Crippen LogP contribution in [0.3, 0.4) is 0 Å². The summed E-state index contributed by atoms with van der Waals surface area (Å²) in [4.78, 5) is 2.42. The quantitative estimate of drug-likeness (QED) is 0.648. The molecule has 2 aromatic rings. The average molecular weight is 384 g/mol. The number of hydrogen-bond acceptors (Lipinski definition) is 4. The topological polar surface area (TPSA) is 30.9 Å². The summed E-state index contributed by atoms with van der Waals surface area (Å²) in [5.41, 5.74) is 2.44. The molecular weight excluding hydrogens is 350 g/mol. The third kappa shape index (κ3) is 4.79. The molecule has 0 N–H and O–H groups in total. The van der Waals surface area contributed by atoms with Gasteiger partial charge in [0.15, 0.2) is 0 Å². The number of para-hydroxylation sites is 1. The van der Waals surface area contributed by atoms with Crippen molar-refractivity contribution in [3.05, 3.63) is 53.6 Å². The molecule has 28 heavy (non-hydrogen) atoms. The number of ether oxygens (including phenoxy) is 3. The Kier molecular flexibility index (Phi) is 6.84. The Bertz CT molecular complexity index is 754. The first kappa shape index (κ1) is 20.5. The van der Waals surface area contributed by atoms with E-state index in [1.807, 2.05) is 6.07 Å². The normalized spacial score (nSPS) is 19.2. The van der Waals surface area contributed by atoms with Gasteiger partial charge in [-0.3, -0.25) is 4.90 Å². The van der Waals surface area contributed by atoms with Gasteiger partial charge in [0.2, 0.25) is 0 Å². The van der Waals surface area contributed by atoms with Gasteiger partial charge in [-0.2, -0.15) is 0 Å². The Hall–Kier alpha value is -2.20. The zero-order chi connectivity index (χ0) is 20.1. The zero-order valence-corrected chi connectivity index (χ0v) is 17.8. The number of hydrogen-bond donors (Lipinski definition) is 0. The van der Waals surface area contributed by atoms with Gasteiger partial charge in [-0.05, 0) is 75.0 Å². The van der Waals surface area contributed by atoms with Crippen LogP contribution in [0.4, 0.5) is 0 Å². The van der Waals surface area contributed by atoms with Gasteiger partial charge in [0, 0.05) is 12.1 Å². The van der Waals surface area contributed by atoms with Gasteiger partial charge in [0.1, 0.15) is 23.4 Å². The maximum absolute atomic E-state index is 6.44. The molecule has 0 unspecified atom stereocenters. The van der Waals surface area contributed by atoms with Crippen molar-refractivity contribution in [3.63, 3.8) is 0 Å². The van der Waals surface area contributed by atoms with Crippen LogP contribution in [0, 0.1) is 0 Å². The average Bonchev–Trinajstić information content (AvgIpc) is 3.15. The molecule has 0 bridgehead atoms. The fourth-order valence-corrected chi connectivity index (χ4v) is 4.16. The Balaban J connectivity index is 1.76. The number of nitrogens with zero attached hydrogens (tertiary/aromatic N) is 1. The summed E-state index contributed by atoms with van der Waals surface area (Å²) in [5.74, 6) is 2.96. The highest BCUT2D eigenvalue weighted by Gasteiger charge is 2.28. The van der Waals surface area contributed by atoms with E-state index in [1.165, 1.54) is 24.0 Å². The summed E-state index contributed by atoms with van der Waals surface area (Å²) in [6, 6.07) is 15.0. The molecular formula is C24H33NO3.